The molecule has 5 rings (SSSR count). The zero-order valence-corrected chi connectivity index (χ0v) is 17.5. The van der Waals surface area contributed by atoms with Crippen molar-refractivity contribution in [1.82, 2.24) is 14.8 Å². The van der Waals surface area contributed by atoms with E-state index in [2.05, 4.69) is 11.1 Å². The fourth-order valence-electron chi connectivity index (χ4n) is 5.09. The fraction of sp³-hybridized carbons (Fsp3) is 0.360. The summed E-state index contributed by atoms with van der Waals surface area (Å²) in [4.78, 5) is 33.9. The second-order valence-corrected chi connectivity index (χ2v) is 8.44. The van der Waals surface area contributed by atoms with Crippen molar-refractivity contribution >= 4 is 22.7 Å². The molecule has 3 aromatic rings. The number of benzene rings is 2. The van der Waals surface area contributed by atoms with Crippen LogP contribution in [0.15, 0.2) is 54.6 Å². The maximum atomic E-state index is 13.5. The summed E-state index contributed by atoms with van der Waals surface area (Å²) in [6.45, 7) is 0.838. The van der Waals surface area contributed by atoms with Crippen molar-refractivity contribution in [3.8, 4) is 0 Å². The van der Waals surface area contributed by atoms with Crippen LogP contribution in [0.25, 0.3) is 10.9 Å². The molecule has 0 aliphatic carbocycles. The number of carbonyl (C=O) groups excluding carboxylic acids is 2. The van der Waals surface area contributed by atoms with E-state index in [-0.39, 0.29) is 31.0 Å². The number of aliphatic hydroxyl groups excluding tert-OH is 1. The van der Waals surface area contributed by atoms with Crippen molar-refractivity contribution < 1.29 is 14.7 Å². The van der Waals surface area contributed by atoms with Crippen molar-refractivity contribution in [2.24, 2.45) is 0 Å². The van der Waals surface area contributed by atoms with Crippen molar-refractivity contribution in [3.05, 3.63) is 71.4 Å². The maximum absolute atomic E-state index is 13.5. The van der Waals surface area contributed by atoms with Gasteiger partial charge in [0.2, 0.25) is 11.8 Å². The topological polar surface area (TPSA) is 76.6 Å². The highest BCUT2D eigenvalue weighted by atomic mass is 16.3. The Balaban J connectivity index is 1.55. The number of hydrogen-bond acceptors (Lipinski definition) is 3. The lowest BCUT2D eigenvalue weighted by Crippen LogP contribution is -2.63. The number of carbonyl (C=O) groups is 2. The number of para-hydroxylation sites is 1. The number of piperazine rings is 1. The van der Waals surface area contributed by atoms with E-state index in [4.69, 9.17) is 5.11 Å². The molecule has 0 spiro atoms. The van der Waals surface area contributed by atoms with Gasteiger partial charge in [0.05, 0.1) is 12.6 Å². The number of nitrogens with zero attached hydrogens (tertiary/aromatic N) is 2. The van der Waals surface area contributed by atoms with Crippen LogP contribution in [-0.4, -0.2) is 57.4 Å². The Kier molecular flexibility index (Phi) is 5.24. The van der Waals surface area contributed by atoms with Gasteiger partial charge in [-0.05, 0) is 36.5 Å². The Morgan fingerprint density at radius 2 is 1.74 bits per heavy atom. The minimum atomic E-state index is -0.490. The summed E-state index contributed by atoms with van der Waals surface area (Å²) < 4.78 is 0. The molecule has 0 unspecified atom stereocenters. The van der Waals surface area contributed by atoms with Crippen LogP contribution in [0.5, 0.6) is 0 Å². The number of amides is 2. The van der Waals surface area contributed by atoms with Crippen molar-refractivity contribution in [2.75, 3.05) is 19.7 Å². The van der Waals surface area contributed by atoms with E-state index in [1.54, 1.807) is 9.80 Å². The number of hydrogen-bond donors (Lipinski definition) is 2. The molecular formula is C25H27N3O3. The molecule has 6 heteroatoms. The van der Waals surface area contributed by atoms with Gasteiger partial charge < -0.3 is 19.9 Å². The summed E-state index contributed by atoms with van der Waals surface area (Å²) in [6.07, 6.45) is 2.90. The zero-order valence-electron chi connectivity index (χ0n) is 17.5. The van der Waals surface area contributed by atoms with Crippen LogP contribution in [0, 0.1) is 0 Å². The van der Waals surface area contributed by atoms with Crippen LogP contribution in [0.1, 0.15) is 42.1 Å². The number of aliphatic hydroxyl groups is 1. The molecule has 160 valence electrons. The van der Waals surface area contributed by atoms with E-state index >= 15 is 0 Å². The maximum Gasteiger partial charge on any atom is 0.246 e. The highest BCUT2D eigenvalue weighted by Crippen LogP contribution is 2.42. The largest absolute Gasteiger partial charge is 0.396 e. The van der Waals surface area contributed by atoms with E-state index in [1.165, 1.54) is 0 Å². The molecule has 2 amide bonds. The van der Waals surface area contributed by atoms with Crippen LogP contribution in [0.3, 0.4) is 0 Å². The molecule has 31 heavy (non-hydrogen) atoms. The summed E-state index contributed by atoms with van der Waals surface area (Å²) in [5.41, 5.74) is 4.20. The van der Waals surface area contributed by atoms with Crippen LogP contribution in [0.4, 0.5) is 0 Å². The molecule has 2 N–H and O–H groups in total. The normalized spacial score (nSPS) is 20.8. The first-order valence-corrected chi connectivity index (χ1v) is 11.0. The average Bonchev–Trinajstić information content (AvgIpc) is 3.17. The summed E-state index contributed by atoms with van der Waals surface area (Å²) in [7, 11) is 0. The van der Waals surface area contributed by atoms with Crippen LogP contribution in [0.2, 0.25) is 0 Å². The predicted octanol–water partition coefficient (Wildman–Crippen LogP) is 3.02. The number of aromatic nitrogens is 1. The van der Waals surface area contributed by atoms with Gasteiger partial charge >= 0.3 is 0 Å². The molecule has 2 aliphatic heterocycles. The minimum Gasteiger partial charge on any atom is -0.396 e. The zero-order chi connectivity index (χ0) is 21.4. The van der Waals surface area contributed by atoms with E-state index in [9.17, 15) is 9.59 Å². The third-order valence-electron chi connectivity index (χ3n) is 6.54. The van der Waals surface area contributed by atoms with E-state index in [0.29, 0.717) is 13.0 Å². The van der Waals surface area contributed by atoms with Gasteiger partial charge in [0.15, 0.2) is 0 Å². The van der Waals surface area contributed by atoms with Gasteiger partial charge in [-0.3, -0.25) is 9.59 Å². The lowest BCUT2D eigenvalue weighted by molar-refractivity contribution is -0.158. The summed E-state index contributed by atoms with van der Waals surface area (Å²) in [5, 5.41) is 10.1. The number of H-pyrrole nitrogens is 1. The highest BCUT2D eigenvalue weighted by molar-refractivity contribution is 5.97. The molecular weight excluding hydrogens is 390 g/mol. The Bertz CT molecular complexity index is 1110. The third kappa shape index (κ3) is 3.41. The number of rotatable bonds is 6. The molecule has 6 nitrogen and oxygen atoms in total. The van der Waals surface area contributed by atoms with Gasteiger partial charge in [-0.15, -0.1) is 0 Å². The van der Waals surface area contributed by atoms with Gasteiger partial charge in [-0.2, -0.15) is 0 Å². The highest BCUT2D eigenvalue weighted by Gasteiger charge is 2.47. The standard InChI is InChI=1S/C25H27N3O3/c29-14-8-2-7-13-27-16-22(30)28-21(25(27)31)15-19-18-11-5-6-12-20(18)26-23(19)24(28)17-9-3-1-4-10-17/h1,3-6,9-12,21,24,26,29H,2,7-8,13-16H2/t21-,24+/m0/s1. The molecule has 1 fully saturated rings. The first kappa shape index (κ1) is 19.8. The number of aromatic amines is 1. The van der Waals surface area contributed by atoms with Crippen molar-refractivity contribution in [2.45, 2.75) is 37.8 Å². The van der Waals surface area contributed by atoms with Gasteiger partial charge in [0.1, 0.15) is 6.04 Å². The fourth-order valence-corrected chi connectivity index (χ4v) is 5.09. The van der Waals surface area contributed by atoms with E-state index in [0.717, 1.165) is 47.0 Å². The molecule has 1 aromatic heterocycles. The lowest BCUT2D eigenvalue weighted by atomic mass is 9.86. The second-order valence-electron chi connectivity index (χ2n) is 8.44. The number of nitrogens with one attached hydrogen (secondary N) is 1. The molecule has 2 atom stereocenters. The molecule has 3 heterocycles. The molecule has 0 bridgehead atoms. The van der Waals surface area contributed by atoms with E-state index in [1.807, 2.05) is 48.5 Å². The van der Waals surface area contributed by atoms with Gasteiger partial charge in [-0.1, -0.05) is 48.5 Å². The van der Waals surface area contributed by atoms with Gasteiger partial charge in [0, 0.05) is 36.2 Å². The minimum absolute atomic E-state index is 0.00934. The molecule has 1 saturated heterocycles. The first-order chi connectivity index (χ1) is 15.2. The summed E-state index contributed by atoms with van der Waals surface area (Å²) in [6, 6.07) is 17.3. The molecule has 0 radical (unpaired) electrons. The predicted molar refractivity (Wildman–Crippen MR) is 118 cm³/mol. The Morgan fingerprint density at radius 1 is 0.968 bits per heavy atom. The van der Waals surface area contributed by atoms with Gasteiger partial charge in [0.25, 0.3) is 0 Å². The third-order valence-corrected chi connectivity index (χ3v) is 6.54. The molecule has 2 aliphatic rings. The van der Waals surface area contributed by atoms with Crippen LogP contribution < -0.4 is 0 Å². The Morgan fingerprint density at radius 3 is 2.55 bits per heavy atom. The Labute approximate surface area is 181 Å². The average molecular weight is 418 g/mol. The molecule has 2 aromatic carbocycles. The summed E-state index contributed by atoms with van der Waals surface area (Å²) in [5.74, 6) is 0.0189. The first-order valence-electron chi connectivity index (χ1n) is 11.0. The SMILES string of the molecule is O=C1[C@@H]2Cc3c([nH]c4ccccc34)[C@@H](c3ccccc3)N2C(=O)CN1CCCCCO. The number of unbranched alkanes of at least 4 members (excludes halogenated alkanes) is 2. The quantitative estimate of drug-likeness (QED) is 0.606. The van der Waals surface area contributed by atoms with Gasteiger partial charge in [-0.25, -0.2) is 0 Å². The van der Waals surface area contributed by atoms with Crippen molar-refractivity contribution in [3.63, 3.8) is 0 Å². The van der Waals surface area contributed by atoms with Crippen LogP contribution >= 0.6 is 0 Å². The van der Waals surface area contributed by atoms with Crippen molar-refractivity contribution in [1.29, 1.82) is 0 Å². The summed E-state index contributed by atoms with van der Waals surface area (Å²) >= 11 is 0. The molecule has 0 saturated carbocycles. The lowest BCUT2D eigenvalue weighted by Gasteiger charge is -2.47. The Hall–Kier alpha value is -3.12. The second kappa shape index (κ2) is 8.19. The van der Waals surface area contributed by atoms with E-state index < -0.39 is 6.04 Å². The number of fused-ring (bicyclic) bond motifs is 4. The monoisotopic (exact) mass is 417 g/mol. The smallest absolute Gasteiger partial charge is 0.246 e. The van der Waals surface area contributed by atoms with Crippen LogP contribution in [-0.2, 0) is 16.0 Å².